The second-order valence-corrected chi connectivity index (χ2v) is 4.48. The summed E-state index contributed by atoms with van der Waals surface area (Å²) in [5, 5.41) is 22.0. The lowest BCUT2D eigenvalue weighted by molar-refractivity contribution is -0.384. The van der Waals surface area contributed by atoms with Crippen LogP contribution in [0.15, 0.2) is 48.5 Å². The molecule has 8 heteroatoms. The van der Waals surface area contributed by atoms with Crippen molar-refractivity contribution < 1.29 is 24.4 Å². The molecule has 2 aromatic carbocycles. The molecule has 0 spiro atoms. The van der Waals surface area contributed by atoms with Gasteiger partial charge in [-0.3, -0.25) is 15.4 Å². The number of carboxylic acid groups (broad SMARTS) is 1. The lowest BCUT2D eigenvalue weighted by Crippen LogP contribution is -2.15. The molecule has 2 N–H and O–H groups in total. The first-order chi connectivity index (χ1) is 11.0. The molecule has 0 saturated heterocycles. The molecule has 23 heavy (non-hydrogen) atoms. The first kappa shape index (κ1) is 16.0. The van der Waals surface area contributed by atoms with Crippen LogP contribution >= 0.6 is 0 Å². The second kappa shape index (κ2) is 7.03. The number of nitro groups is 1. The molecule has 8 nitrogen and oxygen atoms in total. The fraction of sp³-hybridized carbons (Fsp3) is 0.0667. The standard InChI is InChI=1S/C15H12N2O6/c18-14(19)11-6-7-12(13(8-11)17(21)22)16-15(20)23-9-10-4-2-1-3-5-10/h1-8H,9H2,(H,16,20)(H,18,19). The van der Waals surface area contributed by atoms with E-state index in [4.69, 9.17) is 9.84 Å². The Morgan fingerprint density at radius 1 is 1.17 bits per heavy atom. The van der Waals surface area contributed by atoms with Gasteiger partial charge in [-0.15, -0.1) is 0 Å². The molecule has 0 fully saturated rings. The monoisotopic (exact) mass is 316 g/mol. The van der Waals surface area contributed by atoms with Crippen molar-refractivity contribution in [3.63, 3.8) is 0 Å². The molecule has 0 bridgehead atoms. The van der Waals surface area contributed by atoms with Gasteiger partial charge < -0.3 is 9.84 Å². The van der Waals surface area contributed by atoms with Gasteiger partial charge >= 0.3 is 12.1 Å². The average Bonchev–Trinajstić information content (AvgIpc) is 2.54. The second-order valence-electron chi connectivity index (χ2n) is 4.48. The molecule has 0 aliphatic carbocycles. The van der Waals surface area contributed by atoms with Crippen molar-refractivity contribution in [1.29, 1.82) is 0 Å². The minimum Gasteiger partial charge on any atom is -0.478 e. The van der Waals surface area contributed by atoms with Crippen molar-refractivity contribution in [2.75, 3.05) is 5.32 Å². The van der Waals surface area contributed by atoms with E-state index >= 15 is 0 Å². The number of nitro benzene ring substituents is 1. The zero-order chi connectivity index (χ0) is 16.8. The Labute approximate surface area is 130 Å². The zero-order valence-corrected chi connectivity index (χ0v) is 11.8. The fourth-order valence-electron chi connectivity index (χ4n) is 1.79. The first-order valence-corrected chi connectivity index (χ1v) is 6.47. The molecule has 118 valence electrons. The van der Waals surface area contributed by atoms with Gasteiger partial charge in [-0.25, -0.2) is 9.59 Å². The van der Waals surface area contributed by atoms with Crippen LogP contribution in [0.1, 0.15) is 15.9 Å². The number of ether oxygens (including phenoxy) is 1. The average molecular weight is 316 g/mol. The van der Waals surface area contributed by atoms with Crippen LogP contribution in [0, 0.1) is 10.1 Å². The van der Waals surface area contributed by atoms with Gasteiger partial charge in [-0.1, -0.05) is 30.3 Å². The molecule has 0 aromatic heterocycles. The molecule has 0 heterocycles. The number of carboxylic acids is 1. The number of aromatic carboxylic acids is 1. The van der Waals surface area contributed by atoms with E-state index < -0.39 is 22.7 Å². The quantitative estimate of drug-likeness (QED) is 0.646. The maximum absolute atomic E-state index is 11.7. The van der Waals surface area contributed by atoms with Crippen LogP contribution in [0.4, 0.5) is 16.2 Å². The lowest BCUT2D eigenvalue weighted by atomic mass is 10.2. The largest absolute Gasteiger partial charge is 0.478 e. The number of anilines is 1. The molecule has 0 unspecified atom stereocenters. The molecular formula is C15H12N2O6. The molecule has 0 saturated carbocycles. The number of nitrogens with zero attached hydrogens (tertiary/aromatic N) is 1. The summed E-state index contributed by atoms with van der Waals surface area (Å²) in [6.07, 6.45) is -0.875. The van der Waals surface area contributed by atoms with Crippen molar-refractivity contribution in [3.05, 3.63) is 69.8 Å². The van der Waals surface area contributed by atoms with E-state index in [1.54, 1.807) is 24.3 Å². The van der Waals surface area contributed by atoms with Crippen LogP contribution in [0.5, 0.6) is 0 Å². The molecule has 0 radical (unpaired) electrons. The number of hydrogen-bond acceptors (Lipinski definition) is 5. The van der Waals surface area contributed by atoms with E-state index in [0.717, 1.165) is 23.8 Å². The number of benzene rings is 2. The van der Waals surface area contributed by atoms with Crippen molar-refractivity contribution in [2.45, 2.75) is 6.61 Å². The smallest absolute Gasteiger partial charge is 0.412 e. The van der Waals surface area contributed by atoms with E-state index in [-0.39, 0.29) is 17.9 Å². The molecule has 1 amide bonds. The predicted octanol–water partition coefficient (Wildman–Crippen LogP) is 3.04. The molecular weight excluding hydrogens is 304 g/mol. The van der Waals surface area contributed by atoms with Crippen molar-refractivity contribution in [2.24, 2.45) is 0 Å². The molecule has 2 aromatic rings. The van der Waals surface area contributed by atoms with E-state index in [0.29, 0.717) is 0 Å². The summed E-state index contributed by atoms with van der Waals surface area (Å²) in [5.41, 5.74) is -0.155. The number of amides is 1. The number of carbonyl (C=O) groups is 2. The number of carbonyl (C=O) groups excluding carboxylic acids is 1. The highest BCUT2D eigenvalue weighted by atomic mass is 16.6. The van der Waals surface area contributed by atoms with Crippen molar-refractivity contribution in [1.82, 2.24) is 0 Å². The topological polar surface area (TPSA) is 119 Å². The lowest BCUT2D eigenvalue weighted by Gasteiger charge is -2.08. The Morgan fingerprint density at radius 2 is 1.87 bits per heavy atom. The zero-order valence-electron chi connectivity index (χ0n) is 11.8. The molecule has 0 atom stereocenters. The normalized spacial score (nSPS) is 9.91. The first-order valence-electron chi connectivity index (χ1n) is 6.47. The van der Waals surface area contributed by atoms with E-state index in [2.05, 4.69) is 5.32 Å². The Bertz CT molecular complexity index is 745. The van der Waals surface area contributed by atoms with Gasteiger partial charge in [0, 0.05) is 6.07 Å². The van der Waals surface area contributed by atoms with Crippen LogP contribution in [0.3, 0.4) is 0 Å². The highest BCUT2D eigenvalue weighted by Gasteiger charge is 2.19. The van der Waals surface area contributed by atoms with Gasteiger partial charge in [0.25, 0.3) is 5.69 Å². The summed E-state index contributed by atoms with van der Waals surface area (Å²) in [4.78, 5) is 32.7. The third-order valence-electron chi connectivity index (χ3n) is 2.89. The number of hydrogen-bond donors (Lipinski definition) is 2. The van der Waals surface area contributed by atoms with Gasteiger partial charge in [0.15, 0.2) is 0 Å². The third-order valence-corrected chi connectivity index (χ3v) is 2.89. The van der Waals surface area contributed by atoms with E-state index in [9.17, 15) is 19.7 Å². The highest BCUT2D eigenvalue weighted by molar-refractivity contribution is 5.92. The SMILES string of the molecule is O=C(Nc1ccc(C(=O)O)cc1[N+](=O)[O-])OCc1ccccc1. The van der Waals surface area contributed by atoms with Crippen LogP contribution in [0.2, 0.25) is 0 Å². The van der Waals surface area contributed by atoms with E-state index in [1.807, 2.05) is 6.07 Å². The maximum atomic E-state index is 11.7. The third kappa shape index (κ3) is 4.27. The predicted molar refractivity (Wildman–Crippen MR) is 80.3 cm³/mol. The summed E-state index contributed by atoms with van der Waals surface area (Å²) < 4.78 is 4.96. The summed E-state index contributed by atoms with van der Waals surface area (Å²) in [7, 11) is 0. The minimum absolute atomic E-state index is 0.00762. The Kier molecular flexibility index (Phi) is 4.88. The summed E-state index contributed by atoms with van der Waals surface area (Å²) in [6.45, 7) is 0.00762. The van der Waals surface area contributed by atoms with Crippen LogP contribution in [-0.2, 0) is 11.3 Å². The van der Waals surface area contributed by atoms with Crippen LogP contribution in [0.25, 0.3) is 0 Å². The van der Waals surface area contributed by atoms with Crippen molar-refractivity contribution >= 4 is 23.4 Å². The Morgan fingerprint density at radius 3 is 2.48 bits per heavy atom. The van der Waals surface area contributed by atoms with Crippen LogP contribution in [-0.4, -0.2) is 22.1 Å². The fourth-order valence-corrected chi connectivity index (χ4v) is 1.79. The van der Waals surface area contributed by atoms with Crippen LogP contribution < -0.4 is 5.32 Å². The van der Waals surface area contributed by atoms with Gasteiger partial charge in [-0.05, 0) is 17.7 Å². The summed E-state index contributed by atoms with van der Waals surface area (Å²) in [6, 6.07) is 12.1. The number of rotatable bonds is 5. The molecule has 0 aliphatic rings. The number of nitrogens with one attached hydrogen (secondary N) is 1. The maximum Gasteiger partial charge on any atom is 0.412 e. The summed E-state index contributed by atoms with van der Waals surface area (Å²) in [5.74, 6) is -1.30. The molecule has 2 rings (SSSR count). The Balaban J connectivity index is 2.08. The molecule has 0 aliphatic heterocycles. The summed E-state index contributed by atoms with van der Waals surface area (Å²) >= 11 is 0. The minimum atomic E-state index is -1.30. The van der Waals surface area contributed by atoms with Gasteiger partial charge in [0.1, 0.15) is 12.3 Å². The van der Waals surface area contributed by atoms with Gasteiger partial charge in [0.05, 0.1) is 10.5 Å². The highest BCUT2D eigenvalue weighted by Crippen LogP contribution is 2.25. The van der Waals surface area contributed by atoms with Gasteiger partial charge in [0.2, 0.25) is 0 Å². The van der Waals surface area contributed by atoms with Gasteiger partial charge in [-0.2, -0.15) is 0 Å². The Hall–Kier alpha value is -3.42. The van der Waals surface area contributed by atoms with E-state index in [1.165, 1.54) is 0 Å². The van der Waals surface area contributed by atoms with Crippen molar-refractivity contribution in [3.8, 4) is 0 Å².